The van der Waals surface area contributed by atoms with E-state index in [0.717, 1.165) is 38.7 Å². The summed E-state index contributed by atoms with van der Waals surface area (Å²) in [6, 6.07) is 45.5. The Bertz CT molecular complexity index is 2590. The third-order valence-electron chi connectivity index (χ3n) is 10.6. The van der Waals surface area contributed by atoms with Crippen LogP contribution in [-0.4, -0.2) is 9.97 Å². The van der Waals surface area contributed by atoms with Crippen molar-refractivity contribution < 1.29 is 0 Å². The van der Waals surface area contributed by atoms with E-state index in [0.29, 0.717) is 11.4 Å². The van der Waals surface area contributed by atoms with Crippen LogP contribution in [0.15, 0.2) is 115 Å². The van der Waals surface area contributed by atoms with Crippen molar-refractivity contribution in [3.63, 3.8) is 0 Å². The van der Waals surface area contributed by atoms with Crippen molar-refractivity contribution in [1.82, 2.24) is 9.97 Å². The van der Waals surface area contributed by atoms with E-state index in [1.165, 1.54) is 44.8 Å². The van der Waals surface area contributed by atoms with Crippen LogP contribution in [-0.2, 0) is 5.41 Å². The Morgan fingerprint density at radius 3 is 1.70 bits per heavy atom. The van der Waals surface area contributed by atoms with Crippen LogP contribution in [0.3, 0.4) is 0 Å². The normalized spacial score (nSPS) is 13.3. The molecule has 1 aliphatic carbocycles. The lowest BCUT2D eigenvalue weighted by Crippen LogP contribution is -2.30. The van der Waals surface area contributed by atoms with Gasteiger partial charge in [0.05, 0.1) is 22.8 Å². The molecule has 0 atom stereocenters. The molecule has 5 nitrogen and oxygen atoms in total. The first-order valence-electron chi connectivity index (χ1n) is 16.8. The molecule has 1 aromatic heterocycles. The number of nitriles is 2. The van der Waals surface area contributed by atoms with E-state index in [2.05, 4.69) is 146 Å². The van der Waals surface area contributed by atoms with Crippen molar-refractivity contribution >= 4 is 27.8 Å². The Hall–Kier alpha value is -6.56. The molecule has 2 aliphatic rings. The maximum Gasteiger partial charge on any atom is 0.177 e. The summed E-state index contributed by atoms with van der Waals surface area (Å²) < 4.78 is 0. The molecule has 0 radical (unpaired) electrons. The number of para-hydroxylation sites is 2. The van der Waals surface area contributed by atoms with Crippen LogP contribution in [0.2, 0.25) is 0 Å². The molecular weight excluding hydrogens is 611 g/mol. The quantitative estimate of drug-likeness (QED) is 0.192. The van der Waals surface area contributed by atoms with Crippen molar-refractivity contribution in [3.8, 4) is 56.9 Å². The van der Waals surface area contributed by atoms with Gasteiger partial charge in [-0.05, 0) is 88.0 Å². The Morgan fingerprint density at radius 1 is 0.560 bits per heavy atom. The summed E-state index contributed by atoms with van der Waals surface area (Å²) in [6.07, 6.45) is 0. The Balaban J connectivity index is 1.11. The van der Waals surface area contributed by atoms with Gasteiger partial charge in [-0.2, -0.15) is 10.5 Å². The zero-order valence-electron chi connectivity index (χ0n) is 28.2. The Morgan fingerprint density at radius 2 is 1.10 bits per heavy atom. The number of rotatable bonds is 3. The van der Waals surface area contributed by atoms with Crippen molar-refractivity contribution in [3.05, 3.63) is 149 Å². The maximum atomic E-state index is 9.59. The summed E-state index contributed by atoms with van der Waals surface area (Å²) >= 11 is 0. The molecule has 6 aromatic carbocycles. The van der Waals surface area contributed by atoms with Gasteiger partial charge < -0.3 is 4.90 Å². The van der Waals surface area contributed by atoms with Gasteiger partial charge in [-0.25, -0.2) is 9.97 Å². The minimum atomic E-state index is -0.0951. The molecule has 0 spiro atoms. The average Bonchev–Trinajstić information content (AvgIpc) is 3.45. The lowest BCUT2D eigenvalue weighted by atomic mass is 9.73. The van der Waals surface area contributed by atoms with E-state index in [4.69, 9.17) is 0 Å². The summed E-state index contributed by atoms with van der Waals surface area (Å²) in [7, 11) is 0. The molecule has 0 bridgehead atoms. The summed E-state index contributed by atoms with van der Waals surface area (Å²) in [5, 5.41) is 21.3. The Kier molecular flexibility index (Phi) is 6.34. The van der Waals surface area contributed by atoms with Crippen molar-refractivity contribution in [2.45, 2.75) is 33.1 Å². The van der Waals surface area contributed by atoms with E-state index < -0.39 is 0 Å². The number of hydrogen-bond acceptors (Lipinski definition) is 5. The molecule has 0 saturated carbocycles. The first kappa shape index (κ1) is 29.6. The van der Waals surface area contributed by atoms with E-state index in [1.54, 1.807) is 0 Å². The zero-order valence-corrected chi connectivity index (χ0v) is 28.2. The molecule has 1 aliphatic heterocycles. The molecule has 236 valence electrons. The number of anilines is 3. The lowest BCUT2D eigenvalue weighted by Gasteiger charge is -2.42. The highest BCUT2D eigenvalue weighted by atomic mass is 15.2. The van der Waals surface area contributed by atoms with Crippen LogP contribution in [0, 0.1) is 36.5 Å². The summed E-state index contributed by atoms with van der Waals surface area (Å²) in [5.74, 6) is 0. The molecule has 0 unspecified atom stereocenters. The van der Waals surface area contributed by atoms with Crippen LogP contribution >= 0.6 is 0 Å². The molecule has 0 amide bonds. The largest absolute Gasteiger partial charge is 0.310 e. The molecule has 9 rings (SSSR count). The first-order chi connectivity index (χ1) is 24.3. The minimum absolute atomic E-state index is 0.0559. The van der Waals surface area contributed by atoms with Crippen LogP contribution in [0.5, 0.6) is 0 Å². The molecule has 0 N–H and O–H groups in total. The fourth-order valence-electron chi connectivity index (χ4n) is 8.19. The van der Waals surface area contributed by atoms with E-state index in [-0.39, 0.29) is 16.8 Å². The third kappa shape index (κ3) is 4.11. The SMILES string of the molecule is Cc1cc(-c2ccc3c4c(cccc24)-c2nc(C#N)c(C#N)nc2-3)ccc1-c1ccc(N2c3ccccc3C(C)(C)c3ccccc32)cc1C. The monoisotopic (exact) mass is 641 g/mol. The average molecular weight is 642 g/mol. The van der Waals surface area contributed by atoms with Gasteiger partial charge in [-0.15, -0.1) is 0 Å². The third-order valence-corrected chi connectivity index (χ3v) is 10.6. The second-order valence-corrected chi connectivity index (χ2v) is 13.8. The van der Waals surface area contributed by atoms with Gasteiger partial charge in [0.2, 0.25) is 0 Å². The van der Waals surface area contributed by atoms with Crippen LogP contribution in [0.1, 0.15) is 47.5 Å². The molecule has 50 heavy (non-hydrogen) atoms. The van der Waals surface area contributed by atoms with E-state index >= 15 is 0 Å². The second-order valence-electron chi connectivity index (χ2n) is 13.8. The summed E-state index contributed by atoms with van der Waals surface area (Å²) in [5.41, 5.74) is 16.5. The van der Waals surface area contributed by atoms with Gasteiger partial charge in [0.1, 0.15) is 12.1 Å². The molecule has 7 aromatic rings. The van der Waals surface area contributed by atoms with Crippen molar-refractivity contribution in [1.29, 1.82) is 10.5 Å². The summed E-state index contributed by atoms with van der Waals surface area (Å²) in [6.45, 7) is 9.02. The number of aryl methyl sites for hydroxylation is 2. The zero-order chi connectivity index (χ0) is 34.3. The highest BCUT2D eigenvalue weighted by Crippen LogP contribution is 2.52. The minimum Gasteiger partial charge on any atom is -0.310 e. The van der Waals surface area contributed by atoms with Crippen LogP contribution in [0.25, 0.3) is 55.5 Å². The van der Waals surface area contributed by atoms with Crippen LogP contribution in [0.4, 0.5) is 17.1 Å². The molecule has 0 fully saturated rings. The first-order valence-corrected chi connectivity index (χ1v) is 16.8. The predicted octanol–water partition coefficient (Wildman–Crippen LogP) is 11.1. The number of fused-ring (bicyclic) bond motifs is 5. The fraction of sp³-hybridized carbons (Fsp3) is 0.111. The van der Waals surface area contributed by atoms with Gasteiger partial charge in [0.15, 0.2) is 11.4 Å². The number of benzene rings is 6. The highest BCUT2D eigenvalue weighted by molar-refractivity contribution is 6.17. The van der Waals surface area contributed by atoms with Gasteiger partial charge >= 0.3 is 0 Å². The maximum absolute atomic E-state index is 9.59. The number of nitrogens with zero attached hydrogens (tertiary/aromatic N) is 5. The second kappa shape index (κ2) is 10.7. The van der Waals surface area contributed by atoms with Gasteiger partial charge in [0.25, 0.3) is 0 Å². The van der Waals surface area contributed by atoms with Gasteiger partial charge in [-0.3, -0.25) is 0 Å². The number of hydrogen-bond donors (Lipinski definition) is 0. The predicted molar refractivity (Wildman–Crippen MR) is 201 cm³/mol. The summed E-state index contributed by atoms with van der Waals surface area (Å²) in [4.78, 5) is 11.5. The number of aromatic nitrogens is 2. The van der Waals surface area contributed by atoms with Gasteiger partial charge in [-0.1, -0.05) is 105 Å². The molecular formula is C45H31N5. The lowest BCUT2D eigenvalue weighted by molar-refractivity contribution is 0.632. The molecule has 0 saturated heterocycles. The van der Waals surface area contributed by atoms with Crippen molar-refractivity contribution in [2.75, 3.05) is 4.90 Å². The van der Waals surface area contributed by atoms with Crippen LogP contribution < -0.4 is 4.90 Å². The smallest absolute Gasteiger partial charge is 0.177 e. The molecule has 5 heteroatoms. The standard InChI is InChI=1S/C45H31N5/c1-26-22-28(32-20-21-35-42-33(32)10-9-11-34(42)43-44(35)49-39(25-47)38(24-46)48-43)16-18-30(26)31-19-17-29(23-27(31)2)50-40-14-7-5-12-36(40)45(3,4)37-13-6-8-15-41(37)50/h5-23H,1-4H3. The van der Waals surface area contributed by atoms with E-state index in [1.807, 2.05) is 24.3 Å². The topological polar surface area (TPSA) is 76.6 Å². The fourth-order valence-corrected chi connectivity index (χ4v) is 8.19. The van der Waals surface area contributed by atoms with E-state index in [9.17, 15) is 10.5 Å². The van der Waals surface area contributed by atoms with Crippen molar-refractivity contribution in [2.24, 2.45) is 0 Å². The molecule has 2 heterocycles. The van der Waals surface area contributed by atoms with Gasteiger partial charge in [0, 0.05) is 27.6 Å². The Labute approximate surface area is 291 Å². The highest BCUT2D eigenvalue weighted by Gasteiger charge is 2.36.